The number of nitrogens with zero attached hydrogens (tertiary/aromatic N) is 3. The molecular weight excluding hydrogens is 256 g/mol. The standard InChI is InChI=1S/C10H10N4O3S/c1-14-3-7(12-13-14)9-6(4-15)2-11-8(5-18-9)10(16)17/h2-5,9,11H,1H3,(H,16,17)/t9-/m1/s1. The summed E-state index contributed by atoms with van der Waals surface area (Å²) in [7, 11) is 1.72. The summed E-state index contributed by atoms with van der Waals surface area (Å²) in [5, 5.41) is 20.3. The first kappa shape index (κ1) is 12.4. The fraction of sp³-hybridized carbons (Fsp3) is 0.200. The van der Waals surface area contributed by atoms with E-state index in [1.54, 1.807) is 13.2 Å². The van der Waals surface area contributed by atoms with Crippen molar-refractivity contribution in [2.45, 2.75) is 5.25 Å². The highest BCUT2D eigenvalue weighted by molar-refractivity contribution is 8.02. The highest BCUT2D eigenvalue weighted by Gasteiger charge is 2.23. The van der Waals surface area contributed by atoms with Gasteiger partial charge in [0, 0.05) is 30.4 Å². The van der Waals surface area contributed by atoms with Crippen LogP contribution >= 0.6 is 11.8 Å². The third kappa shape index (κ3) is 2.43. The predicted molar refractivity (Wildman–Crippen MR) is 64.3 cm³/mol. The first-order valence-electron chi connectivity index (χ1n) is 4.98. The quantitative estimate of drug-likeness (QED) is 0.754. The number of hydrogen-bond acceptors (Lipinski definition) is 6. The number of nitrogens with one attached hydrogen (secondary N) is 1. The molecule has 0 saturated heterocycles. The number of thioether (sulfide) groups is 1. The summed E-state index contributed by atoms with van der Waals surface area (Å²) in [6.45, 7) is 0. The Bertz CT molecular complexity index is 549. The van der Waals surface area contributed by atoms with Gasteiger partial charge in [0.05, 0.1) is 5.25 Å². The Hall–Kier alpha value is -2.09. The minimum Gasteiger partial charge on any atom is -0.477 e. The number of rotatable bonds is 3. The van der Waals surface area contributed by atoms with Crippen LogP contribution in [0.3, 0.4) is 0 Å². The first-order valence-corrected chi connectivity index (χ1v) is 5.93. The van der Waals surface area contributed by atoms with Gasteiger partial charge in [-0.15, -0.1) is 16.9 Å². The Morgan fingerprint density at radius 1 is 1.67 bits per heavy atom. The van der Waals surface area contributed by atoms with Gasteiger partial charge in [-0.3, -0.25) is 9.48 Å². The molecule has 1 atom stereocenters. The number of aryl methyl sites for hydroxylation is 1. The highest BCUT2D eigenvalue weighted by atomic mass is 32.2. The molecule has 2 N–H and O–H groups in total. The molecule has 1 aliphatic rings. The predicted octanol–water partition coefficient (Wildman–Crippen LogP) is 0.201. The maximum absolute atomic E-state index is 11.0. The van der Waals surface area contributed by atoms with Crippen LogP contribution < -0.4 is 5.32 Å². The minimum absolute atomic E-state index is 0.0192. The van der Waals surface area contributed by atoms with E-state index in [2.05, 4.69) is 15.6 Å². The molecular formula is C10H10N4O3S. The van der Waals surface area contributed by atoms with Crippen molar-refractivity contribution in [2.75, 3.05) is 0 Å². The van der Waals surface area contributed by atoms with Gasteiger partial charge in [-0.1, -0.05) is 5.21 Å². The molecule has 1 aromatic heterocycles. The Kier molecular flexibility index (Phi) is 3.47. The fourth-order valence-electron chi connectivity index (χ4n) is 1.42. The van der Waals surface area contributed by atoms with E-state index in [-0.39, 0.29) is 10.9 Å². The third-order valence-electron chi connectivity index (χ3n) is 2.27. The molecule has 2 rings (SSSR count). The minimum atomic E-state index is -1.08. The summed E-state index contributed by atoms with van der Waals surface area (Å²) in [6.07, 6.45) is 3.75. The Balaban J connectivity index is 2.34. The van der Waals surface area contributed by atoms with Crippen molar-refractivity contribution in [3.63, 3.8) is 0 Å². The number of hydrogen-bond donors (Lipinski definition) is 2. The molecule has 0 unspecified atom stereocenters. The summed E-state index contributed by atoms with van der Waals surface area (Å²) in [4.78, 5) is 21.9. The average Bonchev–Trinajstić information content (AvgIpc) is 2.65. The van der Waals surface area contributed by atoms with Crippen LogP contribution in [0.5, 0.6) is 0 Å². The van der Waals surface area contributed by atoms with Gasteiger partial charge < -0.3 is 10.4 Å². The number of aliphatic carboxylic acids is 1. The van der Waals surface area contributed by atoms with Crippen LogP contribution in [0, 0.1) is 0 Å². The molecule has 2 heterocycles. The van der Waals surface area contributed by atoms with Gasteiger partial charge in [-0.2, -0.15) is 0 Å². The van der Waals surface area contributed by atoms with Crippen LogP contribution in [-0.4, -0.2) is 32.4 Å². The van der Waals surface area contributed by atoms with Crippen molar-refractivity contribution < 1.29 is 14.7 Å². The molecule has 0 bridgehead atoms. The van der Waals surface area contributed by atoms with E-state index in [0.717, 1.165) is 0 Å². The lowest BCUT2D eigenvalue weighted by molar-refractivity contribution is -0.133. The number of carbonyl (C=O) groups is 2. The molecule has 1 aliphatic heterocycles. The zero-order valence-electron chi connectivity index (χ0n) is 9.40. The summed E-state index contributed by atoms with van der Waals surface area (Å²) in [6, 6.07) is 0. The maximum Gasteiger partial charge on any atom is 0.352 e. The van der Waals surface area contributed by atoms with Crippen molar-refractivity contribution >= 4 is 24.0 Å². The smallest absolute Gasteiger partial charge is 0.352 e. The van der Waals surface area contributed by atoms with E-state index in [9.17, 15) is 9.59 Å². The van der Waals surface area contributed by atoms with Crippen molar-refractivity contribution in [2.24, 2.45) is 7.05 Å². The normalized spacial score (nSPS) is 19.3. The van der Waals surface area contributed by atoms with Gasteiger partial charge in [0.2, 0.25) is 0 Å². The monoisotopic (exact) mass is 266 g/mol. The number of carboxylic acid groups (broad SMARTS) is 1. The topological polar surface area (TPSA) is 97.1 Å². The molecule has 0 aliphatic carbocycles. The molecule has 0 spiro atoms. The van der Waals surface area contributed by atoms with E-state index in [4.69, 9.17) is 5.11 Å². The second kappa shape index (κ2) is 5.05. The lowest BCUT2D eigenvalue weighted by Gasteiger charge is -2.08. The molecule has 18 heavy (non-hydrogen) atoms. The highest BCUT2D eigenvalue weighted by Crippen LogP contribution is 2.36. The van der Waals surface area contributed by atoms with Gasteiger partial charge in [0.15, 0.2) is 0 Å². The zero-order chi connectivity index (χ0) is 13.1. The number of carbonyl (C=O) groups excluding carboxylic acids is 1. The molecule has 0 saturated carbocycles. The third-order valence-corrected chi connectivity index (χ3v) is 3.43. The molecule has 7 nitrogen and oxygen atoms in total. The maximum atomic E-state index is 11.0. The van der Waals surface area contributed by atoms with Crippen molar-refractivity contribution in [3.8, 4) is 0 Å². The van der Waals surface area contributed by atoms with Crippen LogP contribution in [0.25, 0.3) is 0 Å². The van der Waals surface area contributed by atoms with E-state index in [1.165, 1.54) is 28.1 Å². The first-order chi connectivity index (χ1) is 8.61. The number of carboxylic acids is 1. The van der Waals surface area contributed by atoms with Gasteiger partial charge in [-0.25, -0.2) is 4.79 Å². The van der Waals surface area contributed by atoms with E-state index < -0.39 is 5.97 Å². The van der Waals surface area contributed by atoms with Crippen LogP contribution in [0.2, 0.25) is 0 Å². The summed E-state index contributed by atoms with van der Waals surface area (Å²) >= 11 is 1.20. The molecule has 94 valence electrons. The van der Waals surface area contributed by atoms with E-state index in [1.807, 2.05) is 0 Å². The lowest BCUT2D eigenvalue weighted by Crippen LogP contribution is -2.14. The SMILES string of the molecule is Cn1cc([C@@H]2SC=C(C(=O)O)NC=C2C=O)nn1. The van der Waals surface area contributed by atoms with Crippen LogP contribution in [0.15, 0.2) is 29.1 Å². The van der Waals surface area contributed by atoms with Crippen LogP contribution in [0.4, 0.5) is 0 Å². The summed E-state index contributed by atoms with van der Waals surface area (Å²) < 4.78 is 1.53. The van der Waals surface area contributed by atoms with Gasteiger partial charge in [-0.05, 0) is 0 Å². The summed E-state index contributed by atoms with van der Waals surface area (Å²) in [5.74, 6) is -1.08. The second-order valence-corrected chi connectivity index (χ2v) is 4.56. The molecule has 0 fully saturated rings. The van der Waals surface area contributed by atoms with E-state index in [0.29, 0.717) is 17.6 Å². The average molecular weight is 266 g/mol. The van der Waals surface area contributed by atoms with Gasteiger partial charge in [0.1, 0.15) is 17.7 Å². The van der Waals surface area contributed by atoms with Crippen molar-refractivity contribution in [1.82, 2.24) is 20.3 Å². The fourth-order valence-corrected chi connectivity index (χ4v) is 2.39. The summed E-state index contributed by atoms with van der Waals surface area (Å²) in [5.41, 5.74) is 1.03. The van der Waals surface area contributed by atoms with Crippen molar-refractivity contribution in [1.29, 1.82) is 0 Å². The number of aromatic nitrogens is 3. The Labute approximate surface area is 107 Å². The molecule has 0 radical (unpaired) electrons. The Morgan fingerprint density at radius 3 is 3.00 bits per heavy atom. The molecule has 0 aromatic carbocycles. The van der Waals surface area contributed by atoms with Crippen molar-refractivity contribution in [3.05, 3.63) is 34.8 Å². The number of aldehydes is 1. The zero-order valence-corrected chi connectivity index (χ0v) is 10.2. The second-order valence-electron chi connectivity index (χ2n) is 3.58. The molecule has 8 heteroatoms. The van der Waals surface area contributed by atoms with Crippen LogP contribution in [0.1, 0.15) is 10.9 Å². The lowest BCUT2D eigenvalue weighted by atomic mass is 10.2. The Morgan fingerprint density at radius 2 is 2.44 bits per heavy atom. The van der Waals surface area contributed by atoms with Gasteiger partial charge >= 0.3 is 5.97 Å². The van der Waals surface area contributed by atoms with E-state index >= 15 is 0 Å². The molecule has 0 amide bonds. The van der Waals surface area contributed by atoms with Crippen LogP contribution in [-0.2, 0) is 16.6 Å². The largest absolute Gasteiger partial charge is 0.477 e. The van der Waals surface area contributed by atoms with Gasteiger partial charge in [0.25, 0.3) is 0 Å². The molecule has 1 aromatic rings.